The van der Waals surface area contributed by atoms with Crippen LogP contribution in [-0.2, 0) is 58.9 Å². The van der Waals surface area contributed by atoms with Gasteiger partial charge in [0.25, 0.3) is 0 Å². The predicted octanol–water partition coefficient (Wildman–Crippen LogP) is 3.69. The van der Waals surface area contributed by atoms with E-state index in [0.29, 0.717) is 37.7 Å². The molecule has 75 heavy (non-hydrogen) atoms. The Balaban J connectivity index is 1.34. The fraction of sp³-hybridized carbons (Fsp3) is 0.635. The van der Waals surface area contributed by atoms with Gasteiger partial charge >= 0.3 is 18.1 Å². The molecular formula is C52H73ClN8O14. The quantitative estimate of drug-likeness (QED) is 0.0864. The molecule has 0 saturated carbocycles. The number of ether oxygens (including phenoxy) is 5. The molecule has 5 aliphatic heterocycles. The number of primary amides is 1. The number of unbranched alkanes of at least 4 members (excludes halogenated alkanes) is 2. The van der Waals surface area contributed by atoms with Crippen LogP contribution in [0.3, 0.4) is 0 Å². The summed E-state index contributed by atoms with van der Waals surface area (Å²) >= 11 is 7.13. The summed E-state index contributed by atoms with van der Waals surface area (Å²) in [5.41, 5.74) is 6.06. The summed E-state index contributed by atoms with van der Waals surface area (Å²) in [5.74, 6) is -4.66. The van der Waals surface area contributed by atoms with Crippen molar-refractivity contribution in [2.75, 3.05) is 32.6 Å². The van der Waals surface area contributed by atoms with Crippen LogP contribution in [0.4, 0.5) is 15.3 Å². The molecule has 1 aromatic carbocycles. The molecule has 0 radical (unpaired) electrons. The molecule has 9 amide bonds. The molecule has 412 valence electrons. The lowest BCUT2D eigenvalue weighted by atomic mass is 9.84. The van der Waals surface area contributed by atoms with Crippen LogP contribution < -0.4 is 36.6 Å². The summed E-state index contributed by atoms with van der Waals surface area (Å²) in [7, 11) is 4.40. The molecule has 22 nitrogen and oxygen atoms in total. The highest BCUT2D eigenvalue weighted by molar-refractivity contribution is 6.35. The maximum Gasteiger partial charge on any atom is 0.407 e. The molecule has 4 unspecified atom stereocenters. The minimum absolute atomic E-state index is 0.0253. The number of nitrogens with zero attached hydrogens (tertiary/aromatic N) is 3. The predicted molar refractivity (Wildman–Crippen MR) is 273 cm³/mol. The first-order valence-electron chi connectivity index (χ1n) is 25.7. The number of nitrogens with two attached hydrogens (primary N) is 1. The van der Waals surface area contributed by atoms with Crippen LogP contribution in [0, 0.1) is 11.8 Å². The smallest absolute Gasteiger partial charge is 0.407 e. The van der Waals surface area contributed by atoms with Gasteiger partial charge in [0.1, 0.15) is 46.7 Å². The number of carbonyl (C=O) groups excluding carboxylic acids is 9. The second-order valence-corrected chi connectivity index (χ2v) is 21.1. The average molecular weight is 1070 g/mol. The number of rotatable bonds is 12. The first-order valence-corrected chi connectivity index (χ1v) is 26.0. The largest absolute Gasteiger partial charge is 0.469 e. The minimum Gasteiger partial charge on any atom is -0.469 e. The van der Waals surface area contributed by atoms with E-state index in [4.69, 9.17) is 41.0 Å². The summed E-state index contributed by atoms with van der Waals surface area (Å²) < 4.78 is 30.7. The number of carbonyl (C=O) groups is 9. The highest BCUT2D eigenvalue weighted by atomic mass is 35.5. The average Bonchev–Trinajstić information content (AvgIpc) is 3.95. The van der Waals surface area contributed by atoms with E-state index in [2.05, 4.69) is 21.3 Å². The summed E-state index contributed by atoms with van der Waals surface area (Å²) in [4.78, 5) is 125. The van der Waals surface area contributed by atoms with Gasteiger partial charge in [0.15, 0.2) is 6.23 Å². The molecule has 11 atom stereocenters. The monoisotopic (exact) mass is 1070 g/mol. The van der Waals surface area contributed by atoms with Crippen molar-refractivity contribution in [3.8, 4) is 5.75 Å². The van der Waals surface area contributed by atoms with Gasteiger partial charge in [-0.1, -0.05) is 62.6 Å². The van der Waals surface area contributed by atoms with Crippen LogP contribution in [0.25, 0.3) is 0 Å². The second kappa shape index (κ2) is 25.1. The lowest BCUT2D eigenvalue weighted by molar-refractivity contribution is -0.162. The molecule has 5 heterocycles. The first-order chi connectivity index (χ1) is 35.4. The number of amides is 9. The highest BCUT2D eigenvalue weighted by Gasteiger charge is 2.64. The Morgan fingerprint density at radius 1 is 0.960 bits per heavy atom. The lowest BCUT2D eigenvalue weighted by Gasteiger charge is -2.36. The van der Waals surface area contributed by atoms with Crippen molar-refractivity contribution in [3.05, 3.63) is 46.5 Å². The van der Waals surface area contributed by atoms with E-state index in [0.717, 1.165) is 10.5 Å². The van der Waals surface area contributed by atoms with E-state index >= 15 is 0 Å². The summed E-state index contributed by atoms with van der Waals surface area (Å²) in [5, 5.41) is 10.9. The van der Waals surface area contributed by atoms with E-state index in [1.807, 2.05) is 32.1 Å². The zero-order valence-electron chi connectivity index (χ0n) is 44.2. The van der Waals surface area contributed by atoms with Gasteiger partial charge in [0.2, 0.25) is 35.4 Å². The molecule has 3 saturated heterocycles. The van der Waals surface area contributed by atoms with E-state index in [1.165, 1.54) is 37.9 Å². The molecule has 0 aromatic heterocycles. The third-order valence-corrected chi connectivity index (χ3v) is 15.2. The van der Waals surface area contributed by atoms with Crippen molar-refractivity contribution < 1.29 is 66.8 Å². The normalized spacial score (nSPS) is 30.4. The van der Waals surface area contributed by atoms with Gasteiger partial charge in [-0.3, -0.25) is 33.7 Å². The Labute approximate surface area is 442 Å². The maximum absolute atomic E-state index is 14.7. The molecule has 6 rings (SSSR count). The van der Waals surface area contributed by atoms with Crippen molar-refractivity contribution in [2.45, 2.75) is 173 Å². The number of hydrogen-bond acceptors (Lipinski definition) is 14. The topological polar surface area (TPSA) is 287 Å². The summed E-state index contributed by atoms with van der Waals surface area (Å²) in [6.07, 6.45) is 2.18. The molecule has 23 heteroatoms. The van der Waals surface area contributed by atoms with Crippen LogP contribution in [0.15, 0.2) is 35.9 Å². The third-order valence-electron chi connectivity index (χ3n) is 14.8. The number of imide groups is 1. The second-order valence-electron chi connectivity index (χ2n) is 20.7. The van der Waals surface area contributed by atoms with Crippen LogP contribution in [0.1, 0.15) is 111 Å². The molecule has 0 aliphatic carbocycles. The standard InChI is InChI=1S/C52H73ClN8O14/c1-27(2)45(57-39(62)16-11-10-12-21-61-41(63)19-20-42(61)64)47(66)55-32-17-18-40(58-50(54)69)72-37-24-31-22-28(3)14-13-15-35(71-9)33-25-36(73-51(70)56-33)29(4)46-52(6,75-46)38(74-49(68)30(5)59(7)48(32)67)26-43(65)60(8)34(23-31)44(37)53/h13-15,23-24,27,29-30,32-33,35-36,38,40,45-46H,10-12,16-22,25-26H2,1-9H3,(H,55,66)(H,56,70)(H,57,62)(H3,54,58,69)/b15-13+,28-14+/t29-,30+,32+,33?,35?,36+,38+,40?,45?,46+,52+/m1/s1. The first kappa shape index (κ1) is 58.0. The van der Waals surface area contributed by atoms with Crippen molar-refractivity contribution >= 4 is 70.8 Å². The lowest BCUT2D eigenvalue weighted by Crippen LogP contribution is -2.57. The van der Waals surface area contributed by atoms with E-state index in [9.17, 15) is 43.2 Å². The number of alkyl carbamates (subject to hydrolysis) is 1. The number of halogens is 1. The minimum atomic E-state index is -1.40. The molecule has 6 bridgehead atoms. The Kier molecular flexibility index (Phi) is 19.4. The Hall–Kier alpha value is -6.26. The molecule has 3 fully saturated rings. The Morgan fingerprint density at radius 3 is 2.33 bits per heavy atom. The highest BCUT2D eigenvalue weighted by Crippen LogP contribution is 2.49. The number of likely N-dealkylation sites (N-methyl/N-ethyl adjacent to an activating group) is 1. The number of methoxy groups -OCH3 is 1. The van der Waals surface area contributed by atoms with Crippen molar-refractivity contribution in [1.29, 1.82) is 0 Å². The third kappa shape index (κ3) is 14.4. The summed E-state index contributed by atoms with van der Waals surface area (Å²) in [6.45, 7) is 10.6. The maximum atomic E-state index is 14.7. The van der Waals surface area contributed by atoms with Crippen LogP contribution in [0.2, 0.25) is 5.02 Å². The number of hydrogen-bond donors (Lipinski definition) is 5. The van der Waals surface area contributed by atoms with Crippen LogP contribution in [-0.4, -0.2) is 151 Å². The molecular weight excluding hydrogens is 996 g/mol. The number of allylic oxidation sites excluding steroid dienone is 3. The Bertz CT molecular complexity index is 2420. The van der Waals surface area contributed by atoms with Gasteiger partial charge in [-0.05, 0) is 70.1 Å². The fourth-order valence-corrected chi connectivity index (χ4v) is 10.3. The van der Waals surface area contributed by atoms with Gasteiger partial charge in [-0.2, -0.15) is 0 Å². The van der Waals surface area contributed by atoms with E-state index in [1.54, 1.807) is 32.9 Å². The number of epoxide rings is 1. The molecule has 1 aromatic rings. The molecule has 0 spiro atoms. The van der Waals surface area contributed by atoms with Crippen molar-refractivity contribution in [2.24, 2.45) is 17.6 Å². The van der Waals surface area contributed by atoms with Gasteiger partial charge in [0.05, 0.1) is 30.4 Å². The Morgan fingerprint density at radius 2 is 1.67 bits per heavy atom. The van der Waals surface area contributed by atoms with Gasteiger partial charge < -0.3 is 60.5 Å². The van der Waals surface area contributed by atoms with Gasteiger partial charge in [-0.15, -0.1) is 0 Å². The zero-order valence-corrected chi connectivity index (χ0v) is 45.0. The van der Waals surface area contributed by atoms with E-state index < -0.39 is 120 Å². The van der Waals surface area contributed by atoms with E-state index in [-0.39, 0.29) is 66.9 Å². The molecule has 5 aliphatic rings. The number of esters is 1. The number of likely N-dealkylation sites (tertiary alicyclic amines) is 1. The number of nitrogens with one attached hydrogen (secondary N) is 4. The van der Waals surface area contributed by atoms with Crippen LogP contribution in [0.5, 0.6) is 5.75 Å². The van der Waals surface area contributed by atoms with Crippen molar-refractivity contribution in [3.63, 3.8) is 0 Å². The number of urea groups is 1. The van der Waals surface area contributed by atoms with Gasteiger partial charge in [-0.25, -0.2) is 14.4 Å². The fourth-order valence-electron chi connectivity index (χ4n) is 10.0. The summed E-state index contributed by atoms with van der Waals surface area (Å²) in [6, 6.07) is -1.94. The molecule has 6 N–H and O–H groups in total. The number of fused-ring (bicyclic) bond motifs is 9. The van der Waals surface area contributed by atoms with Crippen LogP contribution >= 0.6 is 11.6 Å². The van der Waals surface area contributed by atoms with Crippen molar-refractivity contribution in [1.82, 2.24) is 31.1 Å². The SMILES string of the molecule is COC1/C=C/C=C(\C)Cc2cc3c(Cl)c(c2)N(C)C(=O)C[C@H](OC(=O)[C@H](C)N(C)C(=O)[C@@H](NC(=O)C(NC(=O)CCCCCN2C(=O)CCC2=O)C(C)C)CCC(NC(N)=O)O3)[C@]2(C)O[C@H]2[C@H](C)[C@@H]2CC1NC(=O)O2. The number of benzene rings is 1. The van der Waals surface area contributed by atoms with Gasteiger partial charge in [0, 0.05) is 65.8 Å². The number of anilines is 1. The zero-order chi connectivity index (χ0) is 55.1.